The summed E-state index contributed by atoms with van der Waals surface area (Å²) in [6, 6.07) is 16.1. The number of halogens is 1. The molecule has 0 saturated carbocycles. The fraction of sp³-hybridized carbons (Fsp3) is 0.143. The Morgan fingerprint density at radius 1 is 1.19 bits per heavy atom. The first kappa shape index (κ1) is 17.4. The molecule has 1 aromatic heterocycles. The molecule has 1 N–H and O–H groups in total. The summed E-state index contributed by atoms with van der Waals surface area (Å²) in [6.45, 7) is 2.09. The number of ether oxygens (including phenoxy) is 1. The van der Waals surface area contributed by atoms with E-state index in [4.69, 9.17) is 16.3 Å². The SMILES string of the molecule is CC1Oc2cc(Cl)ccc2-c2c1cc(C(=O)O)c(=O)n2Cc1ccccc1. The first-order valence-electron chi connectivity index (χ1n) is 8.47. The molecule has 136 valence electrons. The maximum absolute atomic E-state index is 13.0. The molecule has 0 amide bonds. The average Bonchev–Trinajstić information content (AvgIpc) is 2.64. The lowest BCUT2D eigenvalue weighted by Crippen LogP contribution is -2.31. The molecule has 0 saturated heterocycles. The van der Waals surface area contributed by atoms with Crippen LogP contribution in [0.1, 0.15) is 34.5 Å². The normalized spacial score (nSPS) is 14.8. The van der Waals surface area contributed by atoms with Crippen molar-refractivity contribution in [3.63, 3.8) is 0 Å². The number of rotatable bonds is 3. The molecule has 0 fully saturated rings. The lowest BCUT2D eigenvalue weighted by Gasteiger charge is -2.29. The molecule has 1 unspecified atom stereocenters. The van der Waals surface area contributed by atoms with Crippen molar-refractivity contribution in [2.75, 3.05) is 0 Å². The van der Waals surface area contributed by atoms with E-state index in [2.05, 4.69) is 0 Å². The average molecular weight is 382 g/mol. The molecule has 0 spiro atoms. The van der Waals surface area contributed by atoms with E-state index in [-0.39, 0.29) is 12.1 Å². The Bertz CT molecular complexity index is 1110. The number of pyridine rings is 1. The Hall–Kier alpha value is -3.05. The van der Waals surface area contributed by atoms with Gasteiger partial charge in [0.05, 0.1) is 12.2 Å². The maximum Gasteiger partial charge on any atom is 0.341 e. The summed E-state index contributed by atoms with van der Waals surface area (Å²) < 4.78 is 7.44. The van der Waals surface area contributed by atoms with Gasteiger partial charge in [0, 0.05) is 16.1 Å². The van der Waals surface area contributed by atoms with Gasteiger partial charge in [0.25, 0.3) is 5.56 Å². The topological polar surface area (TPSA) is 68.5 Å². The second-order valence-corrected chi connectivity index (χ2v) is 6.88. The largest absolute Gasteiger partial charge is 0.485 e. The molecule has 1 aliphatic heterocycles. The molecule has 5 nitrogen and oxygen atoms in total. The molecular formula is C21H16ClNO4. The van der Waals surface area contributed by atoms with Crippen LogP contribution >= 0.6 is 11.6 Å². The molecule has 0 radical (unpaired) electrons. The van der Waals surface area contributed by atoms with Crippen LogP contribution in [0.15, 0.2) is 59.4 Å². The minimum atomic E-state index is -1.25. The minimum absolute atomic E-state index is 0.262. The fourth-order valence-corrected chi connectivity index (χ4v) is 3.57. The molecule has 2 heterocycles. The van der Waals surface area contributed by atoms with Crippen LogP contribution in [0.5, 0.6) is 5.75 Å². The van der Waals surface area contributed by atoms with Gasteiger partial charge in [-0.2, -0.15) is 0 Å². The van der Waals surface area contributed by atoms with E-state index in [0.29, 0.717) is 22.0 Å². The van der Waals surface area contributed by atoms with E-state index in [0.717, 1.165) is 11.1 Å². The number of carbonyl (C=O) groups is 1. The molecule has 1 atom stereocenters. The third kappa shape index (κ3) is 3.00. The van der Waals surface area contributed by atoms with Gasteiger partial charge in [0.2, 0.25) is 0 Å². The number of hydrogen-bond acceptors (Lipinski definition) is 3. The van der Waals surface area contributed by atoms with Crippen LogP contribution in [0.3, 0.4) is 0 Å². The Kier molecular flexibility index (Phi) is 4.24. The van der Waals surface area contributed by atoms with Crippen molar-refractivity contribution in [1.82, 2.24) is 4.57 Å². The predicted octanol–water partition coefficient (Wildman–Crippen LogP) is 4.37. The second kappa shape index (κ2) is 6.59. The third-order valence-corrected chi connectivity index (χ3v) is 4.91. The summed E-state index contributed by atoms with van der Waals surface area (Å²) in [5.41, 5.74) is 2.14. The lowest BCUT2D eigenvalue weighted by atomic mass is 9.96. The first-order valence-corrected chi connectivity index (χ1v) is 8.85. The predicted molar refractivity (Wildman–Crippen MR) is 103 cm³/mol. The molecule has 1 aliphatic rings. The van der Waals surface area contributed by atoms with Gasteiger partial charge in [0.1, 0.15) is 17.4 Å². The molecule has 6 heteroatoms. The van der Waals surface area contributed by atoms with Gasteiger partial charge in [-0.25, -0.2) is 4.79 Å². The lowest BCUT2D eigenvalue weighted by molar-refractivity contribution is 0.0694. The Labute approximate surface area is 160 Å². The summed E-state index contributed by atoms with van der Waals surface area (Å²) in [5, 5.41) is 10.0. The zero-order valence-electron chi connectivity index (χ0n) is 14.5. The Balaban J connectivity index is 2.03. The van der Waals surface area contributed by atoms with E-state index < -0.39 is 17.6 Å². The number of nitrogens with zero attached hydrogens (tertiary/aromatic N) is 1. The quantitative estimate of drug-likeness (QED) is 0.731. The highest BCUT2D eigenvalue weighted by Gasteiger charge is 2.29. The number of benzene rings is 2. The summed E-state index contributed by atoms with van der Waals surface area (Å²) >= 11 is 6.09. The number of hydrogen-bond donors (Lipinski definition) is 1. The number of carboxylic acid groups (broad SMARTS) is 1. The van der Waals surface area contributed by atoms with Gasteiger partial charge in [0.15, 0.2) is 0 Å². The second-order valence-electron chi connectivity index (χ2n) is 6.44. The first-order chi connectivity index (χ1) is 13.0. The third-order valence-electron chi connectivity index (χ3n) is 4.67. The smallest absolute Gasteiger partial charge is 0.341 e. The Morgan fingerprint density at radius 3 is 2.63 bits per heavy atom. The zero-order chi connectivity index (χ0) is 19.1. The van der Waals surface area contributed by atoms with Crippen molar-refractivity contribution in [3.05, 3.63) is 86.7 Å². The van der Waals surface area contributed by atoms with Crippen molar-refractivity contribution in [1.29, 1.82) is 0 Å². The number of aromatic nitrogens is 1. The van der Waals surface area contributed by atoms with Crippen LogP contribution in [-0.4, -0.2) is 15.6 Å². The highest BCUT2D eigenvalue weighted by Crippen LogP contribution is 2.43. The van der Waals surface area contributed by atoms with Crippen molar-refractivity contribution in [3.8, 4) is 17.0 Å². The molecule has 2 aromatic carbocycles. The highest BCUT2D eigenvalue weighted by molar-refractivity contribution is 6.30. The number of aromatic carboxylic acids is 1. The number of carboxylic acids is 1. The van der Waals surface area contributed by atoms with Gasteiger partial charge in [-0.1, -0.05) is 41.9 Å². The van der Waals surface area contributed by atoms with Crippen molar-refractivity contribution in [2.24, 2.45) is 0 Å². The summed E-state index contributed by atoms with van der Waals surface area (Å²) in [6.07, 6.45) is -0.410. The van der Waals surface area contributed by atoms with Gasteiger partial charge < -0.3 is 14.4 Å². The van der Waals surface area contributed by atoms with Crippen molar-refractivity contribution >= 4 is 17.6 Å². The van der Waals surface area contributed by atoms with E-state index in [1.165, 1.54) is 10.6 Å². The summed E-state index contributed by atoms with van der Waals surface area (Å²) in [7, 11) is 0. The van der Waals surface area contributed by atoms with Crippen LogP contribution in [0.2, 0.25) is 5.02 Å². The van der Waals surface area contributed by atoms with Crippen LogP contribution in [0, 0.1) is 0 Å². The van der Waals surface area contributed by atoms with E-state index in [1.807, 2.05) is 37.3 Å². The molecule has 27 heavy (non-hydrogen) atoms. The molecular weight excluding hydrogens is 366 g/mol. The minimum Gasteiger partial charge on any atom is -0.485 e. The van der Waals surface area contributed by atoms with Gasteiger partial charge in [-0.15, -0.1) is 0 Å². The van der Waals surface area contributed by atoms with Gasteiger partial charge >= 0.3 is 5.97 Å². The van der Waals surface area contributed by atoms with E-state index in [9.17, 15) is 14.7 Å². The van der Waals surface area contributed by atoms with Crippen LogP contribution < -0.4 is 10.3 Å². The van der Waals surface area contributed by atoms with Crippen molar-refractivity contribution in [2.45, 2.75) is 19.6 Å². The van der Waals surface area contributed by atoms with Crippen molar-refractivity contribution < 1.29 is 14.6 Å². The number of fused-ring (bicyclic) bond motifs is 3. The molecule has 0 bridgehead atoms. The van der Waals surface area contributed by atoms with Crippen LogP contribution in [-0.2, 0) is 6.54 Å². The van der Waals surface area contributed by atoms with E-state index in [1.54, 1.807) is 18.2 Å². The van der Waals surface area contributed by atoms with Gasteiger partial charge in [-0.3, -0.25) is 4.79 Å². The molecule has 3 aromatic rings. The fourth-order valence-electron chi connectivity index (χ4n) is 3.41. The van der Waals surface area contributed by atoms with Crippen LogP contribution in [0.25, 0.3) is 11.3 Å². The summed E-state index contributed by atoms with van der Waals surface area (Å²) in [5.74, 6) is -0.675. The Morgan fingerprint density at radius 2 is 1.93 bits per heavy atom. The maximum atomic E-state index is 13.0. The standard InChI is InChI=1S/C21H16ClNO4/c1-12-16-10-17(21(25)26)20(24)23(11-13-5-3-2-4-6-13)19(16)15-8-7-14(22)9-18(15)27-12/h2-10,12H,11H2,1H3,(H,25,26). The monoisotopic (exact) mass is 381 g/mol. The van der Waals surface area contributed by atoms with E-state index >= 15 is 0 Å². The van der Waals surface area contributed by atoms with Gasteiger partial charge in [-0.05, 0) is 36.8 Å². The summed E-state index contributed by atoms with van der Waals surface area (Å²) in [4.78, 5) is 24.6. The molecule has 4 rings (SSSR count). The van der Waals surface area contributed by atoms with Crippen LogP contribution in [0.4, 0.5) is 0 Å². The molecule has 0 aliphatic carbocycles. The highest BCUT2D eigenvalue weighted by atomic mass is 35.5. The zero-order valence-corrected chi connectivity index (χ0v) is 15.2.